The standard InChI is InChI=1S/C19H23B/c1-6-20-12-11-18-14(4)16-9-7-8-10-17(16)15(5)19(18)13(2)3/h6-13H,1-5H3/b12-11-. The topological polar surface area (TPSA) is 0 Å². The molecule has 0 aromatic heterocycles. The van der Waals surface area contributed by atoms with Crippen LogP contribution in [0.2, 0.25) is 0 Å². The van der Waals surface area contributed by atoms with Gasteiger partial charge in [-0.15, -0.1) is 0 Å². The molecule has 0 N–H and O–H groups in total. The van der Waals surface area contributed by atoms with Crippen LogP contribution in [0, 0.1) is 13.8 Å². The number of fused-ring (bicyclic) bond motifs is 1. The Bertz CT molecular complexity index is 676. The minimum absolute atomic E-state index is 0.531. The summed E-state index contributed by atoms with van der Waals surface area (Å²) in [5, 5.41) is 2.76. The van der Waals surface area contributed by atoms with Crippen molar-refractivity contribution in [3.8, 4) is 0 Å². The van der Waals surface area contributed by atoms with Crippen LogP contribution < -0.4 is 0 Å². The van der Waals surface area contributed by atoms with Gasteiger partial charge in [-0.3, -0.25) is 0 Å². The number of rotatable bonds is 3. The Balaban J connectivity index is 2.82. The molecule has 0 aliphatic rings. The molecular weight excluding hydrogens is 239 g/mol. The van der Waals surface area contributed by atoms with Crippen molar-refractivity contribution in [1.82, 2.24) is 0 Å². The molecule has 0 atom stereocenters. The van der Waals surface area contributed by atoms with Crippen LogP contribution in [0.1, 0.15) is 48.9 Å². The Hall–Kier alpha value is -1.63. The molecule has 2 rings (SSSR count). The van der Waals surface area contributed by atoms with E-state index in [0.717, 1.165) is 0 Å². The van der Waals surface area contributed by atoms with Gasteiger partial charge in [0.25, 0.3) is 0 Å². The van der Waals surface area contributed by atoms with Gasteiger partial charge in [0.15, 0.2) is 0 Å². The number of hydrogen-bond acceptors (Lipinski definition) is 0. The first kappa shape index (κ1) is 14.8. The molecule has 0 heterocycles. The maximum atomic E-state index is 2.28. The summed E-state index contributed by atoms with van der Waals surface area (Å²) in [4.78, 5) is 0. The molecule has 0 bridgehead atoms. The number of hydrogen-bond donors (Lipinski definition) is 0. The zero-order valence-corrected chi connectivity index (χ0v) is 13.2. The van der Waals surface area contributed by atoms with Gasteiger partial charge in [0.1, 0.15) is 0 Å². The molecule has 1 heteroatoms. The summed E-state index contributed by atoms with van der Waals surface area (Å²) >= 11 is 0. The molecule has 0 saturated heterocycles. The van der Waals surface area contributed by atoms with Gasteiger partial charge in [-0.25, -0.2) is 0 Å². The molecular formula is C19H23B. The summed E-state index contributed by atoms with van der Waals surface area (Å²) in [6.07, 6.45) is 2.25. The molecule has 0 fully saturated rings. The van der Waals surface area contributed by atoms with Crippen molar-refractivity contribution in [2.24, 2.45) is 0 Å². The third kappa shape index (κ3) is 2.63. The van der Waals surface area contributed by atoms with Crippen LogP contribution in [0.3, 0.4) is 0 Å². The molecule has 2 aromatic rings. The van der Waals surface area contributed by atoms with Crippen molar-refractivity contribution in [3.63, 3.8) is 0 Å². The average molecular weight is 262 g/mol. The van der Waals surface area contributed by atoms with E-state index in [1.54, 1.807) is 0 Å². The third-order valence-electron chi connectivity index (χ3n) is 3.98. The average Bonchev–Trinajstić information content (AvgIpc) is 2.44. The van der Waals surface area contributed by atoms with E-state index in [4.69, 9.17) is 0 Å². The molecule has 0 nitrogen and oxygen atoms in total. The Morgan fingerprint density at radius 3 is 2.15 bits per heavy atom. The predicted molar refractivity (Wildman–Crippen MR) is 94.0 cm³/mol. The van der Waals surface area contributed by atoms with E-state index in [9.17, 15) is 0 Å². The second-order valence-electron chi connectivity index (χ2n) is 5.66. The predicted octanol–water partition coefficient (Wildman–Crippen LogP) is 5.08. The monoisotopic (exact) mass is 262 g/mol. The van der Waals surface area contributed by atoms with E-state index in [2.05, 4.69) is 76.9 Å². The summed E-state index contributed by atoms with van der Waals surface area (Å²) in [5.74, 6) is 4.74. The second-order valence-corrected chi connectivity index (χ2v) is 5.66. The van der Waals surface area contributed by atoms with Gasteiger partial charge in [0, 0.05) is 0 Å². The van der Waals surface area contributed by atoms with Crippen LogP contribution in [0.5, 0.6) is 0 Å². The summed E-state index contributed by atoms with van der Waals surface area (Å²) in [7, 11) is 0. The zero-order valence-electron chi connectivity index (χ0n) is 13.2. The van der Waals surface area contributed by atoms with Crippen LogP contribution in [0.4, 0.5) is 0 Å². The Kier molecular flexibility index (Phi) is 4.59. The van der Waals surface area contributed by atoms with E-state index < -0.39 is 0 Å². The van der Waals surface area contributed by atoms with Crippen molar-refractivity contribution in [2.45, 2.75) is 40.5 Å². The fraction of sp³-hybridized carbons (Fsp3) is 0.316. The molecule has 0 radical (unpaired) electrons. The van der Waals surface area contributed by atoms with Crippen molar-refractivity contribution in [3.05, 3.63) is 52.5 Å². The van der Waals surface area contributed by atoms with E-state index in [1.807, 2.05) is 6.92 Å². The molecule has 20 heavy (non-hydrogen) atoms. The summed E-state index contributed by atoms with van der Waals surface area (Å²) in [5.41, 5.74) is 5.66. The van der Waals surface area contributed by atoms with Gasteiger partial charge in [0.05, 0.1) is 0 Å². The van der Waals surface area contributed by atoms with E-state index in [-0.39, 0.29) is 0 Å². The van der Waals surface area contributed by atoms with Crippen molar-refractivity contribution >= 4 is 29.7 Å². The van der Waals surface area contributed by atoms with E-state index in [0.29, 0.717) is 5.92 Å². The van der Waals surface area contributed by atoms with E-state index in [1.165, 1.54) is 33.0 Å². The van der Waals surface area contributed by atoms with Gasteiger partial charge in [-0.05, 0) is 0 Å². The first-order chi connectivity index (χ1) is 9.57. The molecule has 0 aliphatic carbocycles. The van der Waals surface area contributed by atoms with Crippen LogP contribution in [0.15, 0.2) is 30.2 Å². The van der Waals surface area contributed by atoms with Crippen LogP contribution in [-0.4, -0.2) is 12.9 Å². The number of benzene rings is 2. The van der Waals surface area contributed by atoms with Crippen molar-refractivity contribution in [2.75, 3.05) is 0 Å². The molecule has 0 aliphatic heterocycles. The third-order valence-corrected chi connectivity index (χ3v) is 3.98. The fourth-order valence-corrected chi connectivity index (χ4v) is 3.05. The van der Waals surface area contributed by atoms with Crippen LogP contribution in [-0.2, 0) is 0 Å². The molecule has 0 amide bonds. The molecule has 0 saturated carbocycles. The minimum atomic E-state index is 0.531. The summed E-state index contributed by atoms with van der Waals surface area (Å²) in [6, 6.07) is 8.73. The number of aryl methyl sites for hydroxylation is 2. The van der Waals surface area contributed by atoms with Crippen molar-refractivity contribution in [1.29, 1.82) is 0 Å². The Labute approximate surface area is 123 Å². The first-order valence-corrected chi connectivity index (χ1v) is 7.39. The zero-order chi connectivity index (χ0) is 14.7. The van der Waals surface area contributed by atoms with Gasteiger partial charge in [-0.2, -0.15) is 0 Å². The second kappa shape index (κ2) is 6.22. The van der Waals surface area contributed by atoms with Crippen LogP contribution >= 0.6 is 0 Å². The first-order valence-electron chi connectivity index (χ1n) is 7.39. The summed E-state index contributed by atoms with van der Waals surface area (Å²) in [6.45, 7) is 13.2. The molecule has 102 valence electrons. The van der Waals surface area contributed by atoms with Gasteiger partial charge in [0.2, 0.25) is 0 Å². The van der Waals surface area contributed by atoms with E-state index >= 15 is 0 Å². The molecule has 2 aromatic carbocycles. The quantitative estimate of drug-likeness (QED) is 0.677. The molecule has 0 unspecified atom stereocenters. The van der Waals surface area contributed by atoms with Gasteiger partial charge in [-0.1, -0.05) is 0 Å². The van der Waals surface area contributed by atoms with Gasteiger partial charge < -0.3 is 0 Å². The fourth-order valence-electron chi connectivity index (χ4n) is 3.05. The summed E-state index contributed by atoms with van der Waals surface area (Å²) < 4.78 is 0. The maximum absolute atomic E-state index is 2.28. The Morgan fingerprint density at radius 2 is 1.60 bits per heavy atom. The normalized spacial score (nSPS) is 11.9. The van der Waals surface area contributed by atoms with Crippen molar-refractivity contribution < 1.29 is 0 Å². The Morgan fingerprint density at radius 1 is 1.00 bits per heavy atom. The van der Waals surface area contributed by atoms with Gasteiger partial charge >= 0.3 is 123 Å². The SMILES string of the molecule is CC=B/C=C\c1c(C(C)C)c(C)c2ccccc2c1C. The molecule has 0 spiro atoms. The van der Waals surface area contributed by atoms with Crippen LogP contribution in [0.25, 0.3) is 16.8 Å².